The molecule has 1 saturated carbocycles. The molecular weight excluding hydrogens is 423 g/mol. The summed E-state index contributed by atoms with van der Waals surface area (Å²) in [5.74, 6) is -0.809. The first-order valence-electron chi connectivity index (χ1n) is 9.90. The highest BCUT2D eigenvalue weighted by atomic mass is 32.2. The summed E-state index contributed by atoms with van der Waals surface area (Å²) in [6.07, 6.45) is 7.37. The number of hydrogen-bond acceptors (Lipinski definition) is 6. The molecule has 9 nitrogen and oxygen atoms in total. The van der Waals surface area contributed by atoms with Crippen LogP contribution in [0.25, 0.3) is 12.2 Å². The van der Waals surface area contributed by atoms with E-state index < -0.39 is 23.4 Å². The maximum absolute atomic E-state index is 12.9. The molecular formula is C20H21FN6O3S. The second-order valence-corrected chi connectivity index (χ2v) is 8.37. The molecule has 1 aliphatic heterocycles. The van der Waals surface area contributed by atoms with Crippen LogP contribution in [0.5, 0.6) is 0 Å². The van der Waals surface area contributed by atoms with Gasteiger partial charge in [-0.3, -0.25) is 20.1 Å². The summed E-state index contributed by atoms with van der Waals surface area (Å²) >= 11 is 1.07. The summed E-state index contributed by atoms with van der Waals surface area (Å²) in [7, 11) is 0. The lowest BCUT2D eigenvalue weighted by Crippen LogP contribution is -2.51. The first-order valence-corrected chi connectivity index (χ1v) is 10.9. The number of thioether (sulfide) groups is 1. The number of halogens is 1. The van der Waals surface area contributed by atoms with Gasteiger partial charge in [-0.2, -0.15) is 5.01 Å². The van der Waals surface area contributed by atoms with Crippen LogP contribution in [0.3, 0.4) is 0 Å². The SMILES string of the molecule is O=C(CSc1n[nH]c(/C=C/c2ccc(F)cc2)n1)NN1C(=O)NC2(CCCCC2)C1=O. The fourth-order valence-corrected chi connectivity index (χ4v) is 4.25. The molecule has 1 saturated heterocycles. The lowest BCUT2D eigenvalue weighted by molar-refractivity contribution is -0.139. The number of nitrogens with one attached hydrogen (secondary N) is 3. The van der Waals surface area contributed by atoms with Gasteiger partial charge >= 0.3 is 6.03 Å². The van der Waals surface area contributed by atoms with E-state index in [0.717, 1.165) is 41.6 Å². The predicted octanol–water partition coefficient (Wildman–Crippen LogP) is 2.49. The van der Waals surface area contributed by atoms with E-state index >= 15 is 0 Å². The van der Waals surface area contributed by atoms with Crippen LogP contribution in [0.1, 0.15) is 43.5 Å². The van der Waals surface area contributed by atoms with E-state index in [1.807, 2.05) is 0 Å². The van der Waals surface area contributed by atoms with Crippen molar-refractivity contribution >= 4 is 41.8 Å². The Morgan fingerprint density at radius 1 is 1.19 bits per heavy atom. The monoisotopic (exact) mass is 444 g/mol. The smallest absolute Gasteiger partial charge is 0.322 e. The zero-order chi connectivity index (χ0) is 21.8. The third-order valence-corrected chi connectivity index (χ3v) is 6.07. The topological polar surface area (TPSA) is 120 Å². The van der Waals surface area contributed by atoms with Crippen molar-refractivity contribution in [2.24, 2.45) is 0 Å². The highest BCUT2D eigenvalue weighted by Gasteiger charge is 2.52. The third-order valence-electron chi connectivity index (χ3n) is 5.22. The average molecular weight is 444 g/mol. The van der Waals surface area contributed by atoms with Crippen molar-refractivity contribution in [1.82, 2.24) is 30.9 Å². The molecule has 0 radical (unpaired) electrons. The Morgan fingerprint density at radius 2 is 1.94 bits per heavy atom. The van der Waals surface area contributed by atoms with Gasteiger partial charge in [0.05, 0.1) is 5.75 Å². The quantitative estimate of drug-likeness (QED) is 0.465. The van der Waals surface area contributed by atoms with Gasteiger partial charge in [-0.1, -0.05) is 49.2 Å². The second-order valence-electron chi connectivity index (χ2n) is 7.43. The van der Waals surface area contributed by atoms with Gasteiger partial charge in [0.25, 0.3) is 5.91 Å². The van der Waals surface area contributed by atoms with Gasteiger partial charge < -0.3 is 5.32 Å². The number of rotatable bonds is 6. The molecule has 11 heteroatoms. The molecule has 4 amide bonds. The third kappa shape index (κ3) is 4.76. The zero-order valence-electron chi connectivity index (χ0n) is 16.6. The minimum absolute atomic E-state index is 0.0664. The van der Waals surface area contributed by atoms with Crippen LogP contribution in [0.15, 0.2) is 29.4 Å². The van der Waals surface area contributed by atoms with Crippen molar-refractivity contribution in [2.45, 2.75) is 42.8 Å². The van der Waals surface area contributed by atoms with Crippen molar-refractivity contribution < 1.29 is 18.8 Å². The van der Waals surface area contributed by atoms with Gasteiger partial charge in [0.1, 0.15) is 17.2 Å². The summed E-state index contributed by atoms with van der Waals surface area (Å²) in [5, 5.41) is 10.6. The molecule has 2 fully saturated rings. The van der Waals surface area contributed by atoms with E-state index in [-0.39, 0.29) is 11.6 Å². The molecule has 3 N–H and O–H groups in total. The van der Waals surface area contributed by atoms with E-state index in [4.69, 9.17) is 0 Å². The number of aromatic nitrogens is 3. The van der Waals surface area contributed by atoms with E-state index in [1.165, 1.54) is 12.1 Å². The molecule has 0 atom stereocenters. The number of benzene rings is 1. The van der Waals surface area contributed by atoms with Gasteiger partial charge in [0.15, 0.2) is 0 Å². The molecule has 2 aromatic rings. The Kier molecular flexibility index (Phi) is 6.03. The summed E-state index contributed by atoms with van der Waals surface area (Å²) < 4.78 is 12.9. The second kappa shape index (κ2) is 8.88. The molecule has 162 valence electrons. The van der Waals surface area contributed by atoms with Gasteiger partial charge in [0, 0.05) is 0 Å². The number of carbonyl (C=O) groups excluding carboxylic acids is 3. The average Bonchev–Trinajstić information content (AvgIpc) is 3.31. The van der Waals surface area contributed by atoms with Crippen molar-refractivity contribution in [3.8, 4) is 0 Å². The maximum Gasteiger partial charge on any atom is 0.344 e. The number of H-pyrrole nitrogens is 1. The van der Waals surface area contributed by atoms with Gasteiger partial charge in [0.2, 0.25) is 11.1 Å². The van der Waals surface area contributed by atoms with E-state index in [0.29, 0.717) is 23.8 Å². The van der Waals surface area contributed by atoms with Crippen LogP contribution in [-0.2, 0) is 9.59 Å². The first kappa shape index (κ1) is 21.0. The molecule has 4 rings (SSSR count). The zero-order valence-corrected chi connectivity index (χ0v) is 17.4. The number of amides is 4. The number of aromatic amines is 1. The Hall–Kier alpha value is -3.21. The Bertz CT molecular complexity index is 1020. The fraction of sp³-hybridized carbons (Fsp3) is 0.350. The maximum atomic E-state index is 12.9. The van der Waals surface area contributed by atoms with Crippen molar-refractivity contribution in [1.29, 1.82) is 0 Å². The van der Waals surface area contributed by atoms with Crippen molar-refractivity contribution in [3.63, 3.8) is 0 Å². The van der Waals surface area contributed by atoms with E-state index in [1.54, 1.807) is 24.3 Å². The van der Waals surface area contributed by atoms with Crippen molar-refractivity contribution in [2.75, 3.05) is 5.75 Å². The molecule has 31 heavy (non-hydrogen) atoms. The minimum Gasteiger partial charge on any atom is -0.322 e. The van der Waals surface area contributed by atoms with Gasteiger partial charge in [-0.15, -0.1) is 5.10 Å². The Balaban J connectivity index is 1.29. The Morgan fingerprint density at radius 3 is 2.68 bits per heavy atom. The van der Waals surface area contributed by atoms with Crippen LogP contribution in [0.4, 0.5) is 9.18 Å². The van der Waals surface area contributed by atoms with Crippen LogP contribution in [-0.4, -0.2) is 49.3 Å². The summed E-state index contributed by atoms with van der Waals surface area (Å²) in [4.78, 5) is 41.4. The molecule has 2 heterocycles. The van der Waals surface area contributed by atoms with Crippen LogP contribution in [0, 0.1) is 5.82 Å². The highest BCUT2D eigenvalue weighted by Crippen LogP contribution is 2.33. The number of hydrazine groups is 1. The first-order chi connectivity index (χ1) is 14.9. The number of urea groups is 1. The minimum atomic E-state index is -0.884. The lowest BCUT2D eigenvalue weighted by atomic mass is 9.82. The van der Waals surface area contributed by atoms with Crippen LogP contribution < -0.4 is 10.7 Å². The number of hydrogen-bond donors (Lipinski definition) is 3. The van der Waals surface area contributed by atoms with Crippen LogP contribution in [0.2, 0.25) is 0 Å². The molecule has 0 unspecified atom stereocenters. The summed E-state index contributed by atoms with van der Waals surface area (Å²) in [5.41, 5.74) is 2.30. The largest absolute Gasteiger partial charge is 0.344 e. The lowest BCUT2D eigenvalue weighted by Gasteiger charge is -2.30. The highest BCUT2D eigenvalue weighted by molar-refractivity contribution is 7.99. The number of nitrogens with zero attached hydrogens (tertiary/aromatic N) is 3. The fourth-order valence-electron chi connectivity index (χ4n) is 3.65. The molecule has 1 aliphatic carbocycles. The summed E-state index contributed by atoms with van der Waals surface area (Å²) in [6.45, 7) is 0. The number of imide groups is 1. The predicted molar refractivity (Wildman–Crippen MR) is 112 cm³/mol. The van der Waals surface area contributed by atoms with E-state index in [9.17, 15) is 18.8 Å². The number of carbonyl (C=O) groups is 3. The van der Waals surface area contributed by atoms with E-state index in [2.05, 4.69) is 25.9 Å². The van der Waals surface area contributed by atoms with Gasteiger partial charge in [-0.25, -0.2) is 14.2 Å². The molecule has 1 spiro atoms. The molecule has 2 aliphatic rings. The van der Waals surface area contributed by atoms with Gasteiger partial charge in [-0.05, 0) is 36.6 Å². The standard InChI is InChI=1S/C20H21FN6O3S/c21-14-7-4-13(5-8-14)6-9-15-22-18(25-24-15)31-12-16(28)26-27-17(29)20(23-19(27)30)10-2-1-3-11-20/h4-9H,1-3,10-12H2,(H,23,30)(H,26,28)(H,22,24,25)/b9-6+. The normalized spacial score (nSPS) is 18.0. The Labute approximate surface area is 181 Å². The molecule has 0 bridgehead atoms. The van der Waals surface area contributed by atoms with Crippen LogP contribution >= 0.6 is 11.8 Å². The summed E-state index contributed by atoms with van der Waals surface area (Å²) in [6, 6.07) is 5.39. The van der Waals surface area contributed by atoms with Crippen molar-refractivity contribution in [3.05, 3.63) is 41.5 Å². The molecule has 1 aromatic carbocycles. The molecule has 1 aromatic heterocycles.